The number of carbonyl (C=O) groups is 1. The molecule has 0 radical (unpaired) electrons. The molecule has 0 saturated carbocycles. The summed E-state index contributed by atoms with van der Waals surface area (Å²) in [5.74, 6) is 1.54. The van der Waals surface area contributed by atoms with Crippen molar-refractivity contribution in [3.8, 4) is 11.5 Å². The van der Waals surface area contributed by atoms with E-state index in [1.807, 2.05) is 32.0 Å². The smallest absolute Gasteiger partial charge is 0.226 e. The van der Waals surface area contributed by atoms with Crippen LogP contribution in [-0.4, -0.2) is 30.3 Å². The lowest BCUT2D eigenvalue weighted by molar-refractivity contribution is -0.116. The third-order valence-electron chi connectivity index (χ3n) is 3.29. The van der Waals surface area contributed by atoms with E-state index in [0.29, 0.717) is 35.4 Å². The monoisotopic (exact) mass is 335 g/mol. The predicted octanol–water partition coefficient (Wildman–Crippen LogP) is 3.25. The molecule has 2 rings (SSSR count). The maximum absolute atomic E-state index is 12.1. The fraction of sp³-hybridized carbons (Fsp3) is 0.438. The highest BCUT2D eigenvalue weighted by atomic mass is 32.1. The van der Waals surface area contributed by atoms with E-state index >= 15 is 0 Å². The number of anilines is 1. The van der Waals surface area contributed by atoms with Gasteiger partial charge in [0.15, 0.2) is 11.5 Å². The Morgan fingerprint density at radius 1 is 1.26 bits per heavy atom. The Morgan fingerprint density at radius 2 is 2.04 bits per heavy atom. The summed E-state index contributed by atoms with van der Waals surface area (Å²) in [6.45, 7) is 4.09. The number of nitrogens with zero attached hydrogens (tertiary/aromatic N) is 2. The van der Waals surface area contributed by atoms with Crippen LogP contribution in [0.25, 0.3) is 0 Å². The van der Waals surface area contributed by atoms with Crippen molar-refractivity contribution < 1.29 is 14.3 Å². The first-order valence-electron chi connectivity index (χ1n) is 7.38. The summed E-state index contributed by atoms with van der Waals surface area (Å²) in [6.07, 6.45) is 0.891. The van der Waals surface area contributed by atoms with Gasteiger partial charge in [0.2, 0.25) is 11.0 Å². The van der Waals surface area contributed by atoms with Crippen molar-refractivity contribution in [2.24, 2.45) is 0 Å². The van der Waals surface area contributed by atoms with Crippen LogP contribution in [-0.2, 0) is 11.2 Å². The number of ether oxygens (including phenoxy) is 2. The van der Waals surface area contributed by atoms with Gasteiger partial charge < -0.3 is 14.8 Å². The van der Waals surface area contributed by atoms with Crippen molar-refractivity contribution in [2.75, 3.05) is 19.5 Å². The van der Waals surface area contributed by atoms with Crippen LogP contribution >= 0.6 is 11.3 Å². The van der Waals surface area contributed by atoms with E-state index in [0.717, 1.165) is 10.6 Å². The number of rotatable bonds is 7. The average molecular weight is 335 g/mol. The third kappa shape index (κ3) is 4.41. The zero-order valence-electron chi connectivity index (χ0n) is 13.8. The molecule has 6 nitrogen and oxygen atoms in total. The number of para-hydroxylation sites is 1. The molecule has 0 unspecified atom stereocenters. The third-order valence-corrected chi connectivity index (χ3v) is 4.43. The van der Waals surface area contributed by atoms with E-state index in [2.05, 4.69) is 15.5 Å². The first kappa shape index (κ1) is 17.2. The summed E-state index contributed by atoms with van der Waals surface area (Å²) < 4.78 is 10.6. The minimum atomic E-state index is -0.0960. The minimum absolute atomic E-state index is 0.0960. The van der Waals surface area contributed by atoms with Crippen molar-refractivity contribution in [3.63, 3.8) is 0 Å². The molecule has 0 bridgehead atoms. The molecule has 1 N–H and O–H groups in total. The number of hydrogen-bond donors (Lipinski definition) is 1. The lowest BCUT2D eigenvalue weighted by Gasteiger charge is -2.12. The summed E-state index contributed by atoms with van der Waals surface area (Å²) in [4.78, 5) is 12.1. The SMILES string of the molecule is COc1cccc(CCC(=O)Nc2nnc(C(C)C)s2)c1OC. The molecule has 0 aliphatic carbocycles. The molecule has 1 heterocycles. The Bertz CT molecular complexity index is 670. The molecule has 1 aromatic carbocycles. The quantitative estimate of drug-likeness (QED) is 0.841. The van der Waals surface area contributed by atoms with Gasteiger partial charge in [0.05, 0.1) is 14.2 Å². The summed E-state index contributed by atoms with van der Waals surface area (Å²) >= 11 is 1.41. The molecule has 1 amide bonds. The average Bonchev–Trinajstić information content (AvgIpc) is 3.01. The second kappa shape index (κ2) is 7.92. The molecule has 1 aromatic heterocycles. The largest absolute Gasteiger partial charge is 0.493 e. The molecule has 7 heteroatoms. The van der Waals surface area contributed by atoms with E-state index in [1.54, 1.807) is 14.2 Å². The molecule has 23 heavy (non-hydrogen) atoms. The maximum Gasteiger partial charge on any atom is 0.226 e. The van der Waals surface area contributed by atoms with E-state index in [4.69, 9.17) is 9.47 Å². The number of carbonyl (C=O) groups excluding carboxylic acids is 1. The standard InChI is InChI=1S/C16H21N3O3S/c1-10(2)15-18-19-16(23-15)17-13(20)9-8-11-6-5-7-12(21-3)14(11)22-4/h5-7,10H,8-9H2,1-4H3,(H,17,19,20). The number of methoxy groups -OCH3 is 2. The predicted molar refractivity (Wildman–Crippen MR) is 90.5 cm³/mol. The van der Waals surface area contributed by atoms with Crippen molar-refractivity contribution >= 4 is 22.4 Å². The van der Waals surface area contributed by atoms with Gasteiger partial charge in [-0.3, -0.25) is 4.79 Å². The van der Waals surface area contributed by atoms with E-state index in [9.17, 15) is 4.79 Å². The number of benzene rings is 1. The van der Waals surface area contributed by atoms with E-state index in [1.165, 1.54) is 11.3 Å². The molecule has 2 aromatic rings. The van der Waals surface area contributed by atoms with Crippen LogP contribution in [0.2, 0.25) is 0 Å². The second-order valence-corrected chi connectivity index (χ2v) is 6.31. The van der Waals surface area contributed by atoms with Crippen LogP contribution in [0.15, 0.2) is 18.2 Å². The fourth-order valence-electron chi connectivity index (χ4n) is 2.10. The van der Waals surface area contributed by atoms with Gasteiger partial charge in [0, 0.05) is 12.3 Å². The molecule has 0 fully saturated rings. The summed E-state index contributed by atoms with van der Waals surface area (Å²) in [5, 5.41) is 12.3. The molecule has 0 spiro atoms. The van der Waals surface area contributed by atoms with Gasteiger partial charge in [-0.25, -0.2) is 0 Å². The van der Waals surface area contributed by atoms with Crippen LogP contribution in [0.1, 0.15) is 36.8 Å². The minimum Gasteiger partial charge on any atom is -0.493 e. The Morgan fingerprint density at radius 3 is 2.65 bits per heavy atom. The molecule has 0 aliphatic rings. The Kier molecular flexibility index (Phi) is 5.92. The van der Waals surface area contributed by atoms with Crippen molar-refractivity contribution in [3.05, 3.63) is 28.8 Å². The van der Waals surface area contributed by atoms with Gasteiger partial charge in [0.1, 0.15) is 5.01 Å². The zero-order chi connectivity index (χ0) is 16.8. The maximum atomic E-state index is 12.1. The number of amides is 1. The fourth-order valence-corrected chi connectivity index (χ4v) is 2.86. The topological polar surface area (TPSA) is 73.3 Å². The van der Waals surface area contributed by atoms with Gasteiger partial charge in [-0.05, 0) is 18.1 Å². The van der Waals surface area contributed by atoms with Gasteiger partial charge in [-0.1, -0.05) is 37.3 Å². The normalized spacial score (nSPS) is 10.7. The van der Waals surface area contributed by atoms with Gasteiger partial charge >= 0.3 is 0 Å². The first-order chi connectivity index (χ1) is 11.0. The molecule has 0 saturated heterocycles. The first-order valence-corrected chi connectivity index (χ1v) is 8.20. The molecular formula is C16H21N3O3S. The highest BCUT2D eigenvalue weighted by Crippen LogP contribution is 2.31. The summed E-state index contributed by atoms with van der Waals surface area (Å²) in [7, 11) is 3.19. The summed E-state index contributed by atoms with van der Waals surface area (Å²) in [6, 6.07) is 5.64. The highest BCUT2D eigenvalue weighted by Gasteiger charge is 2.13. The molecule has 124 valence electrons. The molecule has 0 atom stereocenters. The van der Waals surface area contributed by atoms with Crippen LogP contribution in [0.5, 0.6) is 11.5 Å². The van der Waals surface area contributed by atoms with Gasteiger partial charge in [-0.15, -0.1) is 10.2 Å². The Labute approximate surface area is 139 Å². The number of aromatic nitrogens is 2. The zero-order valence-corrected chi connectivity index (χ0v) is 14.6. The highest BCUT2D eigenvalue weighted by molar-refractivity contribution is 7.15. The van der Waals surface area contributed by atoms with Crippen LogP contribution in [0.3, 0.4) is 0 Å². The van der Waals surface area contributed by atoms with E-state index < -0.39 is 0 Å². The van der Waals surface area contributed by atoms with Crippen molar-refractivity contribution in [1.29, 1.82) is 0 Å². The van der Waals surface area contributed by atoms with Crippen LogP contribution in [0, 0.1) is 0 Å². The second-order valence-electron chi connectivity index (χ2n) is 5.30. The van der Waals surface area contributed by atoms with Crippen LogP contribution < -0.4 is 14.8 Å². The molecule has 0 aliphatic heterocycles. The van der Waals surface area contributed by atoms with Gasteiger partial charge in [-0.2, -0.15) is 0 Å². The number of aryl methyl sites for hydroxylation is 1. The van der Waals surface area contributed by atoms with Crippen molar-refractivity contribution in [2.45, 2.75) is 32.6 Å². The Balaban J connectivity index is 1.96. The number of nitrogens with one attached hydrogen (secondary N) is 1. The van der Waals surface area contributed by atoms with Crippen LogP contribution in [0.4, 0.5) is 5.13 Å². The number of hydrogen-bond acceptors (Lipinski definition) is 6. The lowest BCUT2D eigenvalue weighted by Crippen LogP contribution is -2.12. The molecular weight excluding hydrogens is 314 g/mol. The van der Waals surface area contributed by atoms with Crippen molar-refractivity contribution in [1.82, 2.24) is 10.2 Å². The summed E-state index contributed by atoms with van der Waals surface area (Å²) in [5.41, 5.74) is 0.933. The van der Waals surface area contributed by atoms with Gasteiger partial charge in [0.25, 0.3) is 0 Å². The van der Waals surface area contributed by atoms with E-state index in [-0.39, 0.29) is 5.91 Å². The Hall–Kier alpha value is -2.15. The lowest BCUT2D eigenvalue weighted by atomic mass is 10.1.